The predicted molar refractivity (Wildman–Crippen MR) is 34.4 cm³/mol. The summed E-state index contributed by atoms with van der Waals surface area (Å²) in [6.45, 7) is 1.39. The summed E-state index contributed by atoms with van der Waals surface area (Å²) in [6.07, 6.45) is 0. The van der Waals surface area contributed by atoms with Gasteiger partial charge in [0.2, 0.25) is 5.91 Å². The molecule has 2 N–H and O–H groups in total. The number of carbonyl (C=O) groups excluding carboxylic acids is 1. The van der Waals surface area contributed by atoms with E-state index in [1.54, 1.807) is 0 Å². The first-order chi connectivity index (χ1) is 4.84. The Hall–Kier alpha value is -0.610. The molecule has 1 heterocycles. The first-order valence-corrected chi connectivity index (χ1v) is 3.31. The molecule has 0 bridgehead atoms. The van der Waals surface area contributed by atoms with Crippen LogP contribution in [0.4, 0.5) is 0 Å². The highest BCUT2D eigenvalue weighted by Crippen LogP contribution is 2.08. The first kappa shape index (κ1) is 7.50. The number of amides is 1. The van der Waals surface area contributed by atoms with Crippen molar-refractivity contribution in [3.63, 3.8) is 0 Å². The lowest BCUT2D eigenvalue weighted by Crippen LogP contribution is -2.43. The molecule has 10 heavy (non-hydrogen) atoms. The number of nitrogens with one attached hydrogen (secondary N) is 1. The largest absolute Gasteiger partial charge is 0.395 e. The number of aliphatic hydroxyl groups is 1. The fourth-order valence-corrected chi connectivity index (χ4v) is 0.711. The Morgan fingerprint density at radius 1 is 1.70 bits per heavy atom. The smallest absolute Gasteiger partial charge is 0.227 e. The van der Waals surface area contributed by atoms with E-state index in [-0.39, 0.29) is 18.4 Å². The standard InChI is InChI=1S/C6H11NO3/c8-2-1-7-6(9)5-3-10-4-5/h5,8H,1-4H2,(H,7,9). The van der Waals surface area contributed by atoms with Crippen molar-refractivity contribution in [3.05, 3.63) is 0 Å². The van der Waals surface area contributed by atoms with Gasteiger partial charge in [-0.15, -0.1) is 0 Å². The van der Waals surface area contributed by atoms with E-state index in [1.165, 1.54) is 0 Å². The van der Waals surface area contributed by atoms with Crippen LogP contribution in [0.2, 0.25) is 0 Å². The summed E-state index contributed by atoms with van der Waals surface area (Å²) in [5.74, 6) is 0.00634. The predicted octanol–water partition coefficient (Wildman–Crippen LogP) is -1.26. The van der Waals surface area contributed by atoms with E-state index in [1.807, 2.05) is 0 Å². The van der Waals surface area contributed by atoms with Crippen LogP contribution in [0.25, 0.3) is 0 Å². The number of aliphatic hydroxyl groups excluding tert-OH is 1. The van der Waals surface area contributed by atoms with Crippen molar-refractivity contribution < 1.29 is 14.6 Å². The summed E-state index contributed by atoms with van der Waals surface area (Å²) in [5.41, 5.74) is 0. The Morgan fingerprint density at radius 3 is 2.80 bits per heavy atom. The fourth-order valence-electron chi connectivity index (χ4n) is 0.711. The molecule has 0 atom stereocenters. The maximum absolute atomic E-state index is 10.9. The highest BCUT2D eigenvalue weighted by molar-refractivity contribution is 5.79. The molecular weight excluding hydrogens is 134 g/mol. The van der Waals surface area contributed by atoms with E-state index >= 15 is 0 Å². The lowest BCUT2D eigenvalue weighted by Gasteiger charge is -2.24. The zero-order valence-electron chi connectivity index (χ0n) is 5.67. The normalized spacial score (nSPS) is 18.1. The van der Waals surface area contributed by atoms with E-state index < -0.39 is 0 Å². The lowest BCUT2D eigenvalue weighted by atomic mass is 10.1. The van der Waals surface area contributed by atoms with Gasteiger partial charge in [-0.05, 0) is 0 Å². The molecule has 1 amide bonds. The van der Waals surface area contributed by atoms with Crippen LogP contribution < -0.4 is 5.32 Å². The Bertz CT molecular complexity index is 122. The van der Waals surface area contributed by atoms with Crippen molar-refractivity contribution >= 4 is 5.91 Å². The van der Waals surface area contributed by atoms with Crippen LogP contribution in [-0.2, 0) is 9.53 Å². The van der Waals surface area contributed by atoms with Gasteiger partial charge in [-0.25, -0.2) is 0 Å². The lowest BCUT2D eigenvalue weighted by molar-refractivity contribution is -0.138. The topological polar surface area (TPSA) is 58.6 Å². The summed E-state index contributed by atoms with van der Waals surface area (Å²) >= 11 is 0. The number of ether oxygens (including phenoxy) is 1. The molecule has 0 saturated carbocycles. The van der Waals surface area contributed by atoms with E-state index in [2.05, 4.69) is 5.32 Å². The molecule has 1 aliphatic rings. The second kappa shape index (κ2) is 3.53. The molecule has 0 spiro atoms. The van der Waals surface area contributed by atoms with Gasteiger partial charge < -0.3 is 15.2 Å². The summed E-state index contributed by atoms with van der Waals surface area (Å²) in [7, 11) is 0. The highest BCUT2D eigenvalue weighted by atomic mass is 16.5. The van der Waals surface area contributed by atoms with Crippen LogP contribution in [0.15, 0.2) is 0 Å². The van der Waals surface area contributed by atoms with Gasteiger partial charge in [-0.1, -0.05) is 0 Å². The van der Waals surface area contributed by atoms with Gasteiger partial charge in [0, 0.05) is 6.54 Å². The van der Waals surface area contributed by atoms with Crippen LogP contribution in [0, 0.1) is 5.92 Å². The Morgan fingerprint density at radius 2 is 2.40 bits per heavy atom. The van der Waals surface area contributed by atoms with Crippen LogP contribution in [0.1, 0.15) is 0 Å². The van der Waals surface area contributed by atoms with Gasteiger partial charge in [-0.2, -0.15) is 0 Å². The van der Waals surface area contributed by atoms with Gasteiger partial charge in [0.25, 0.3) is 0 Å². The van der Waals surface area contributed by atoms with Crippen molar-refractivity contribution in [3.8, 4) is 0 Å². The quantitative estimate of drug-likeness (QED) is 0.521. The molecule has 1 saturated heterocycles. The highest BCUT2D eigenvalue weighted by Gasteiger charge is 2.25. The second-order valence-electron chi connectivity index (χ2n) is 2.25. The summed E-state index contributed by atoms with van der Waals surface area (Å²) in [6, 6.07) is 0. The van der Waals surface area contributed by atoms with Crippen LogP contribution in [0.3, 0.4) is 0 Å². The number of rotatable bonds is 3. The third kappa shape index (κ3) is 1.68. The second-order valence-corrected chi connectivity index (χ2v) is 2.25. The summed E-state index contributed by atoms with van der Waals surface area (Å²) in [5, 5.41) is 10.9. The molecular formula is C6H11NO3. The maximum Gasteiger partial charge on any atom is 0.227 e. The van der Waals surface area contributed by atoms with Crippen LogP contribution >= 0.6 is 0 Å². The molecule has 4 nitrogen and oxygen atoms in total. The number of hydrogen-bond acceptors (Lipinski definition) is 3. The summed E-state index contributed by atoms with van der Waals surface area (Å²) in [4.78, 5) is 10.9. The molecule has 1 aliphatic heterocycles. The van der Waals surface area contributed by atoms with Gasteiger partial charge in [0.15, 0.2) is 0 Å². The zero-order valence-corrected chi connectivity index (χ0v) is 5.67. The van der Waals surface area contributed by atoms with Crippen molar-refractivity contribution in [2.24, 2.45) is 5.92 Å². The Kier molecular flexibility index (Phi) is 2.65. The minimum Gasteiger partial charge on any atom is -0.395 e. The fraction of sp³-hybridized carbons (Fsp3) is 0.833. The average molecular weight is 145 g/mol. The third-order valence-corrected chi connectivity index (χ3v) is 1.42. The molecule has 58 valence electrons. The van der Waals surface area contributed by atoms with E-state index in [4.69, 9.17) is 9.84 Å². The molecule has 0 aromatic carbocycles. The van der Waals surface area contributed by atoms with E-state index in [0.717, 1.165) is 0 Å². The van der Waals surface area contributed by atoms with Gasteiger partial charge in [0.05, 0.1) is 25.7 Å². The Balaban J connectivity index is 2.08. The molecule has 1 rings (SSSR count). The Labute approximate surface area is 59.2 Å². The molecule has 4 heteroatoms. The van der Waals surface area contributed by atoms with Crippen molar-refractivity contribution in [2.75, 3.05) is 26.4 Å². The molecule has 1 fully saturated rings. The van der Waals surface area contributed by atoms with Crippen LogP contribution in [-0.4, -0.2) is 37.4 Å². The van der Waals surface area contributed by atoms with Crippen molar-refractivity contribution in [1.82, 2.24) is 5.32 Å². The van der Waals surface area contributed by atoms with Crippen molar-refractivity contribution in [1.29, 1.82) is 0 Å². The van der Waals surface area contributed by atoms with Crippen molar-refractivity contribution in [2.45, 2.75) is 0 Å². The number of hydrogen-bond donors (Lipinski definition) is 2. The minimum absolute atomic E-state index is 0.000677. The van der Waals surface area contributed by atoms with Crippen LogP contribution in [0.5, 0.6) is 0 Å². The van der Waals surface area contributed by atoms with E-state index in [9.17, 15) is 4.79 Å². The summed E-state index contributed by atoms with van der Waals surface area (Å²) < 4.78 is 4.81. The van der Waals surface area contributed by atoms with Gasteiger partial charge >= 0.3 is 0 Å². The molecule has 0 aromatic rings. The monoisotopic (exact) mass is 145 g/mol. The van der Waals surface area contributed by atoms with Gasteiger partial charge in [0.1, 0.15) is 0 Å². The van der Waals surface area contributed by atoms with E-state index in [0.29, 0.717) is 19.8 Å². The minimum atomic E-state index is -0.0136. The van der Waals surface area contributed by atoms with Gasteiger partial charge in [-0.3, -0.25) is 4.79 Å². The maximum atomic E-state index is 10.9. The molecule has 0 aromatic heterocycles. The first-order valence-electron chi connectivity index (χ1n) is 3.31. The molecule has 0 radical (unpaired) electrons. The average Bonchev–Trinajstić information content (AvgIpc) is 1.79. The number of carbonyl (C=O) groups is 1. The zero-order chi connectivity index (χ0) is 7.40. The molecule has 0 aliphatic carbocycles. The molecule has 0 unspecified atom stereocenters. The third-order valence-electron chi connectivity index (χ3n) is 1.42. The SMILES string of the molecule is O=C(NCCO)C1COC1.